The number of para-hydroxylation sites is 1. The summed E-state index contributed by atoms with van der Waals surface area (Å²) in [4.78, 5) is 29.4. The van der Waals surface area contributed by atoms with Crippen LogP contribution < -0.4 is 9.91 Å². The summed E-state index contributed by atoms with van der Waals surface area (Å²) in [6.45, 7) is 2.88. The third kappa shape index (κ3) is 3.94. The number of carbonyl (C=O) groups excluding carboxylic acids is 2. The normalized spacial score (nSPS) is 17.5. The first-order valence-corrected chi connectivity index (χ1v) is 10.2. The minimum absolute atomic E-state index is 0.0673. The van der Waals surface area contributed by atoms with Gasteiger partial charge in [0.2, 0.25) is 5.91 Å². The number of benzene rings is 2. The van der Waals surface area contributed by atoms with E-state index in [9.17, 15) is 9.59 Å². The summed E-state index contributed by atoms with van der Waals surface area (Å²) in [7, 11) is 0. The zero-order valence-corrected chi connectivity index (χ0v) is 17.0. The van der Waals surface area contributed by atoms with Crippen molar-refractivity contribution in [3.63, 3.8) is 0 Å². The van der Waals surface area contributed by atoms with Gasteiger partial charge in [-0.1, -0.05) is 34.1 Å². The molecule has 2 aromatic rings. The fourth-order valence-electron chi connectivity index (χ4n) is 3.48. The van der Waals surface area contributed by atoms with Crippen LogP contribution in [0.25, 0.3) is 0 Å². The molecule has 0 unspecified atom stereocenters. The Balaban J connectivity index is 1.45. The van der Waals surface area contributed by atoms with Gasteiger partial charge in [0.05, 0.1) is 5.69 Å². The van der Waals surface area contributed by atoms with Gasteiger partial charge in [0.1, 0.15) is 5.71 Å². The number of amides is 2. The Labute approximate surface area is 172 Å². The van der Waals surface area contributed by atoms with E-state index in [1.54, 1.807) is 0 Å². The average Bonchev–Trinajstić information content (AvgIpc) is 2.75. The maximum atomic E-state index is 13.0. The van der Waals surface area contributed by atoms with Crippen molar-refractivity contribution in [2.24, 2.45) is 5.10 Å². The minimum atomic E-state index is -0.0900. The molecule has 0 aromatic heterocycles. The van der Waals surface area contributed by atoms with Gasteiger partial charge >= 0.3 is 0 Å². The maximum Gasteiger partial charge on any atom is 0.270 e. The lowest BCUT2D eigenvalue weighted by Gasteiger charge is -2.36. The molecule has 0 atom stereocenters. The van der Waals surface area contributed by atoms with Gasteiger partial charge in [-0.3, -0.25) is 9.59 Å². The zero-order chi connectivity index (χ0) is 19.5. The molecule has 0 saturated carbocycles. The van der Waals surface area contributed by atoms with Gasteiger partial charge in [0, 0.05) is 49.2 Å². The van der Waals surface area contributed by atoms with Crippen LogP contribution in [0.3, 0.4) is 0 Å². The van der Waals surface area contributed by atoms with Crippen molar-refractivity contribution < 1.29 is 9.59 Å². The molecule has 1 fully saturated rings. The Morgan fingerprint density at radius 3 is 2.21 bits per heavy atom. The molecule has 144 valence electrons. The summed E-state index contributed by atoms with van der Waals surface area (Å²) in [5.74, 6) is -0.157. The van der Waals surface area contributed by atoms with Crippen molar-refractivity contribution in [1.29, 1.82) is 0 Å². The highest BCUT2D eigenvalue weighted by molar-refractivity contribution is 9.10. The number of piperazine rings is 1. The number of hydrogen-bond donors (Lipinski definition) is 0. The number of hydrazone groups is 1. The number of carbonyl (C=O) groups is 2. The van der Waals surface area contributed by atoms with Gasteiger partial charge in [-0.25, -0.2) is 5.01 Å². The van der Waals surface area contributed by atoms with Crippen LogP contribution in [0.1, 0.15) is 12.8 Å². The molecule has 0 radical (unpaired) electrons. The van der Waals surface area contributed by atoms with Crippen LogP contribution in [-0.2, 0) is 9.59 Å². The Bertz CT molecular complexity index is 890. The highest BCUT2D eigenvalue weighted by atomic mass is 79.9. The van der Waals surface area contributed by atoms with Crippen LogP contribution in [-0.4, -0.2) is 48.6 Å². The number of hydrogen-bond acceptors (Lipinski definition) is 4. The van der Waals surface area contributed by atoms with Crippen molar-refractivity contribution in [2.75, 3.05) is 36.1 Å². The molecule has 6 nitrogen and oxygen atoms in total. The van der Waals surface area contributed by atoms with Crippen molar-refractivity contribution in [2.45, 2.75) is 12.8 Å². The van der Waals surface area contributed by atoms with Gasteiger partial charge in [0.25, 0.3) is 5.91 Å². The highest BCUT2D eigenvalue weighted by Gasteiger charge is 2.30. The summed E-state index contributed by atoms with van der Waals surface area (Å²) >= 11 is 3.39. The summed E-state index contributed by atoms with van der Waals surface area (Å²) in [6.07, 6.45) is 0.689. The number of anilines is 2. The third-order valence-corrected chi connectivity index (χ3v) is 5.57. The van der Waals surface area contributed by atoms with E-state index in [-0.39, 0.29) is 11.8 Å². The molecule has 2 heterocycles. The summed E-state index contributed by atoms with van der Waals surface area (Å²) < 4.78 is 0.928. The van der Waals surface area contributed by atoms with Crippen LogP contribution in [0, 0.1) is 0 Å². The second-order valence-corrected chi connectivity index (χ2v) is 7.76. The molecule has 0 bridgehead atoms. The van der Waals surface area contributed by atoms with Crippen LogP contribution in [0.2, 0.25) is 0 Å². The fourth-order valence-corrected chi connectivity index (χ4v) is 3.74. The maximum absolute atomic E-state index is 13.0. The lowest BCUT2D eigenvalue weighted by atomic mass is 10.1. The van der Waals surface area contributed by atoms with Crippen molar-refractivity contribution >= 4 is 44.8 Å². The largest absolute Gasteiger partial charge is 0.368 e. The van der Waals surface area contributed by atoms with Crippen LogP contribution in [0.15, 0.2) is 64.2 Å². The number of halogens is 1. The van der Waals surface area contributed by atoms with E-state index in [1.807, 2.05) is 47.4 Å². The lowest BCUT2D eigenvalue weighted by molar-refractivity contribution is -0.124. The van der Waals surface area contributed by atoms with E-state index in [1.165, 1.54) is 10.7 Å². The summed E-state index contributed by atoms with van der Waals surface area (Å²) in [5, 5.41) is 5.75. The molecule has 4 rings (SSSR count). The molecular weight excluding hydrogens is 420 g/mol. The SMILES string of the molecule is O=C(C1=NN(c2ccc(Br)cc2)C(=O)CC1)N1CCN(c2ccccc2)CC1. The first-order valence-electron chi connectivity index (χ1n) is 9.37. The minimum Gasteiger partial charge on any atom is -0.368 e. The second-order valence-electron chi connectivity index (χ2n) is 6.84. The van der Waals surface area contributed by atoms with E-state index in [2.05, 4.69) is 38.1 Å². The van der Waals surface area contributed by atoms with Gasteiger partial charge in [-0.15, -0.1) is 0 Å². The molecule has 0 aliphatic carbocycles. The van der Waals surface area contributed by atoms with Crippen LogP contribution >= 0.6 is 15.9 Å². The van der Waals surface area contributed by atoms with E-state index >= 15 is 0 Å². The molecule has 2 aliphatic rings. The zero-order valence-electron chi connectivity index (χ0n) is 15.4. The first kappa shape index (κ1) is 18.7. The van der Waals surface area contributed by atoms with E-state index in [0.717, 1.165) is 17.6 Å². The Morgan fingerprint density at radius 2 is 1.54 bits per heavy atom. The van der Waals surface area contributed by atoms with E-state index in [4.69, 9.17) is 0 Å². The van der Waals surface area contributed by atoms with Gasteiger partial charge in [-0.05, 0) is 36.4 Å². The first-order chi connectivity index (χ1) is 13.6. The highest BCUT2D eigenvalue weighted by Crippen LogP contribution is 2.23. The van der Waals surface area contributed by atoms with Gasteiger partial charge in [-0.2, -0.15) is 5.10 Å². The monoisotopic (exact) mass is 440 g/mol. The molecular formula is C21H21BrN4O2. The Hall–Kier alpha value is -2.67. The number of rotatable bonds is 3. The van der Waals surface area contributed by atoms with Gasteiger partial charge < -0.3 is 9.80 Å². The molecule has 1 saturated heterocycles. The predicted octanol–water partition coefficient (Wildman–Crippen LogP) is 3.28. The third-order valence-electron chi connectivity index (χ3n) is 5.04. The molecule has 2 amide bonds. The quantitative estimate of drug-likeness (QED) is 0.735. The Morgan fingerprint density at radius 1 is 0.857 bits per heavy atom. The molecule has 28 heavy (non-hydrogen) atoms. The van der Waals surface area contributed by atoms with E-state index in [0.29, 0.717) is 37.3 Å². The van der Waals surface area contributed by atoms with Crippen LogP contribution in [0.4, 0.5) is 11.4 Å². The smallest absolute Gasteiger partial charge is 0.270 e. The van der Waals surface area contributed by atoms with E-state index < -0.39 is 0 Å². The van der Waals surface area contributed by atoms with Crippen molar-refractivity contribution in [1.82, 2.24) is 4.90 Å². The van der Waals surface area contributed by atoms with Crippen LogP contribution in [0.5, 0.6) is 0 Å². The lowest BCUT2D eigenvalue weighted by Crippen LogP contribution is -2.51. The molecule has 7 heteroatoms. The number of nitrogens with zero attached hydrogens (tertiary/aromatic N) is 4. The second kappa shape index (κ2) is 8.14. The predicted molar refractivity (Wildman–Crippen MR) is 114 cm³/mol. The molecule has 2 aromatic carbocycles. The van der Waals surface area contributed by atoms with Gasteiger partial charge in [0.15, 0.2) is 0 Å². The summed E-state index contributed by atoms with van der Waals surface area (Å²) in [5.41, 5.74) is 2.30. The topological polar surface area (TPSA) is 56.2 Å². The van der Waals surface area contributed by atoms with Crippen molar-refractivity contribution in [3.05, 3.63) is 59.1 Å². The molecule has 0 N–H and O–H groups in total. The fraction of sp³-hybridized carbons (Fsp3) is 0.286. The standard InChI is InChI=1S/C21H21BrN4O2/c22-16-6-8-18(9-7-16)26-20(27)11-10-19(23-26)21(28)25-14-12-24(13-15-25)17-4-2-1-3-5-17/h1-9H,10-15H2. The summed E-state index contributed by atoms with van der Waals surface area (Å²) in [6, 6.07) is 17.6. The van der Waals surface area contributed by atoms with Crippen molar-refractivity contribution in [3.8, 4) is 0 Å². The molecule has 2 aliphatic heterocycles. The Kier molecular flexibility index (Phi) is 5.43. The average molecular weight is 441 g/mol. The molecule has 0 spiro atoms.